The van der Waals surface area contributed by atoms with Gasteiger partial charge in [-0.2, -0.15) is 0 Å². The average Bonchev–Trinajstić information content (AvgIpc) is 2.54. The largest absolute Gasteiger partial charge is 0.357 e. The molecule has 0 radical (unpaired) electrons. The van der Waals surface area contributed by atoms with Crippen LogP contribution < -0.4 is 10.6 Å². The highest BCUT2D eigenvalue weighted by Gasteiger charge is 2.39. The van der Waals surface area contributed by atoms with Crippen molar-refractivity contribution >= 4 is 5.96 Å². The molecule has 0 unspecified atom stereocenters. The quantitative estimate of drug-likeness (QED) is 0.610. The van der Waals surface area contributed by atoms with Crippen molar-refractivity contribution in [3.63, 3.8) is 0 Å². The second kappa shape index (κ2) is 8.52. The Balaban J connectivity index is 2.12. The van der Waals surface area contributed by atoms with Gasteiger partial charge in [0, 0.05) is 17.6 Å². The lowest BCUT2D eigenvalue weighted by molar-refractivity contribution is 0.0208. The molecule has 2 rings (SSSR count). The topological polar surface area (TPSA) is 42.9 Å². The van der Waals surface area contributed by atoms with Crippen molar-refractivity contribution < 1.29 is 0 Å². The Morgan fingerprint density at radius 2 is 1.67 bits per heavy atom. The fourth-order valence-corrected chi connectivity index (χ4v) is 3.87. The minimum Gasteiger partial charge on any atom is -0.357 e. The molecule has 0 atom stereocenters. The van der Waals surface area contributed by atoms with Crippen LogP contribution in [0.2, 0.25) is 0 Å². The third-order valence-corrected chi connectivity index (χ3v) is 5.31. The normalized spacial score (nSPS) is 24.0. The first kappa shape index (κ1) is 19.5. The van der Waals surface area contributed by atoms with E-state index in [1.807, 2.05) is 0 Å². The smallest absolute Gasteiger partial charge is 0.191 e. The summed E-state index contributed by atoms with van der Waals surface area (Å²) in [7, 11) is 2.24. The molecule has 5 nitrogen and oxygen atoms in total. The summed E-state index contributed by atoms with van der Waals surface area (Å²) in [6.07, 6.45) is 6.57. The number of nitrogens with zero attached hydrogens (tertiary/aromatic N) is 3. The standard InChI is InChI=1S/C19H39N5/c1-6-20-17(22-18(2,3)4)21-16-19(10-14-23(5)15-11-19)24-12-8-7-9-13-24/h6-16H2,1-5H3,(H2,20,21,22). The summed E-state index contributed by atoms with van der Waals surface area (Å²) in [6, 6.07) is 0. The van der Waals surface area contributed by atoms with Gasteiger partial charge >= 0.3 is 0 Å². The zero-order valence-electron chi connectivity index (χ0n) is 16.6. The third kappa shape index (κ3) is 5.62. The van der Waals surface area contributed by atoms with Gasteiger partial charge < -0.3 is 15.5 Å². The summed E-state index contributed by atoms with van der Waals surface area (Å²) in [4.78, 5) is 10.2. The Bertz CT molecular complexity index is 398. The summed E-state index contributed by atoms with van der Waals surface area (Å²) in [6.45, 7) is 15.4. The van der Waals surface area contributed by atoms with Crippen LogP contribution >= 0.6 is 0 Å². The zero-order valence-corrected chi connectivity index (χ0v) is 16.6. The molecule has 2 saturated heterocycles. The van der Waals surface area contributed by atoms with Crippen molar-refractivity contribution in [2.45, 2.75) is 70.9 Å². The lowest BCUT2D eigenvalue weighted by atomic mass is 9.84. The molecule has 0 aliphatic carbocycles. The molecule has 2 heterocycles. The molecule has 0 spiro atoms. The van der Waals surface area contributed by atoms with Gasteiger partial charge in [0.25, 0.3) is 0 Å². The van der Waals surface area contributed by atoms with Crippen LogP contribution in [0.3, 0.4) is 0 Å². The van der Waals surface area contributed by atoms with Crippen LogP contribution in [0.25, 0.3) is 0 Å². The summed E-state index contributed by atoms with van der Waals surface area (Å²) in [5, 5.41) is 6.95. The van der Waals surface area contributed by atoms with Gasteiger partial charge in [0.2, 0.25) is 0 Å². The van der Waals surface area contributed by atoms with Crippen LogP contribution in [0.1, 0.15) is 59.8 Å². The number of rotatable bonds is 4. The van der Waals surface area contributed by atoms with Gasteiger partial charge in [-0.25, -0.2) is 0 Å². The van der Waals surface area contributed by atoms with E-state index < -0.39 is 0 Å². The predicted octanol–water partition coefficient (Wildman–Crippen LogP) is 2.29. The van der Waals surface area contributed by atoms with Crippen LogP contribution in [-0.4, -0.2) is 73.2 Å². The molecule has 0 bridgehead atoms. The van der Waals surface area contributed by atoms with Crippen molar-refractivity contribution in [2.75, 3.05) is 46.3 Å². The van der Waals surface area contributed by atoms with E-state index in [0.29, 0.717) is 0 Å². The molecule has 24 heavy (non-hydrogen) atoms. The minimum atomic E-state index is 0.0338. The maximum atomic E-state index is 5.03. The van der Waals surface area contributed by atoms with Gasteiger partial charge in [-0.15, -0.1) is 0 Å². The van der Waals surface area contributed by atoms with E-state index in [-0.39, 0.29) is 11.1 Å². The highest BCUT2D eigenvalue weighted by molar-refractivity contribution is 5.80. The number of nitrogens with one attached hydrogen (secondary N) is 2. The van der Waals surface area contributed by atoms with Crippen molar-refractivity contribution in [1.82, 2.24) is 20.4 Å². The Hall–Kier alpha value is -0.810. The van der Waals surface area contributed by atoms with Gasteiger partial charge in [-0.3, -0.25) is 9.89 Å². The minimum absolute atomic E-state index is 0.0338. The monoisotopic (exact) mass is 337 g/mol. The maximum absolute atomic E-state index is 5.03. The van der Waals surface area contributed by atoms with Gasteiger partial charge in [0.15, 0.2) is 5.96 Å². The molecular weight excluding hydrogens is 298 g/mol. The lowest BCUT2D eigenvalue weighted by Gasteiger charge is -2.49. The van der Waals surface area contributed by atoms with Gasteiger partial charge in [0.1, 0.15) is 0 Å². The zero-order chi connectivity index (χ0) is 17.6. The van der Waals surface area contributed by atoms with Crippen molar-refractivity contribution in [2.24, 2.45) is 4.99 Å². The van der Waals surface area contributed by atoms with E-state index in [2.05, 4.69) is 55.2 Å². The van der Waals surface area contributed by atoms with Gasteiger partial charge in [-0.05, 0) is 86.6 Å². The summed E-state index contributed by atoms with van der Waals surface area (Å²) >= 11 is 0. The Labute approximate surface area is 149 Å². The Morgan fingerprint density at radius 1 is 1.04 bits per heavy atom. The average molecular weight is 338 g/mol. The second-order valence-corrected chi connectivity index (χ2v) is 8.65. The highest BCUT2D eigenvalue weighted by atomic mass is 15.3. The van der Waals surface area contributed by atoms with Crippen molar-refractivity contribution in [3.05, 3.63) is 0 Å². The summed E-state index contributed by atoms with van der Waals surface area (Å²) in [5.41, 5.74) is 0.291. The number of hydrogen-bond donors (Lipinski definition) is 2. The van der Waals surface area contributed by atoms with E-state index in [4.69, 9.17) is 4.99 Å². The first-order valence-corrected chi connectivity index (χ1v) is 9.85. The molecule has 0 aromatic carbocycles. The number of aliphatic imine (C=N–C) groups is 1. The van der Waals surface area contributed by atoms with E-state index in [0.717, 1.165) is 19.0 Å². The number of piperidine rings is 2. The predicted molar refractivity (Wildman–Crippen MR) is 104 cm³/mol. The highest BCUT2D eigenvalue weighted by Crippen LogP contribution is 2.31. The Morgan fingerprint density at radius 3 is 2.21 bits per heavy atom. The molecule has 0 amide bonds. The molecule has 0 saturated carbocycles. The third-order valence-electron chi connectivity index (χ3n) is 5.31. The second-order valence-electron chi connectivity index (χ2n) is 8.65. The first-order chi connectivity index (χ1) is 11.3. The Kier molecular flexibility index (Phi) is 6.93. The number of hydrogen-bond acceptors (Lipinski definition) is 3. The molecule has 0 aromatic heterocycles. The summed E-state index contributed by atoms with van der Waals surface area (Å²) in [5.74, 6) is 0.959. The fourth-order valence-electron chi connectivity index (χ4n) is 3.87. The molecule has 5 heteroatoms. The molecule has 2 N–H and O–H groups in total. The van der Waals surface area contributed by atoms with E-state index >= 15 is 0 Å². The number of likely N-dealkylation sites (tertiary alicyclic amines) is 2. The van der Waals surface area contributed by atoms with Crippen molar-refractivity contribution in [1.29, 1.82) is 0 Å². The molecule has 2 aliphatic rings. The summed E-state index contributed by atoms with van der Waals surface area (Å²) < 4.78 is 0. The van der Waals surface area contributed by atoms with E-state index in [9.17, 15) is 0 Å². The molecule has 0 aromatic rings. The fraction of sp³-hybridized carbons (Fsp3) is 0.947. The molecule has 140 valence electrons. The number of guanidine groups is 1. The van der Waals surface area contributed by atoms with Crippen LogP contribution in [0.5, 0.6) is 0 Å². The SMILES string of the molecule is CCNC(=NCC1(N2CCCCC2)CCN(C)CC1)NC(C)(C)C. The van der Waals surface area contributed by atoms with E-state index in [1.165, 1.54) is 58.3 Å². The van der Waals surface area contributed by atoms with Crippen LogP contribution in [-0.2, 0) is 0 Å². The van der Waals surface area contributed by atoms with E-state index in [1.54, 1.807) is 0 Å². The molecule has 2 fully saturated rings. The maximum Gasteiger partial charge on any atom is 0.191 e. The molecule has 2 aliphatic heterocycles. The van der Waals surface area contributed by atoms with Crippen LogP contribution in [0.4, 0.5) is 0 Å². The molecular formula is C19H39N5. The van der Waals surface area contributed by atoms with Crippen LogP contribution in [0.15, 0.2) is 4.99 Å². The van der Waals surface area contributed by atoms with Crippen LogP contribution in [0, 0.1) is 0 Å². The lowest BCUT2D eigenvalue weighted by Crippen LogP contribution is -2.58. The van der Waals surface area contributed by atoms with Gasteiger partial charge in [0.05, 0.1) is 6.54 Å². The first-order valence-electron chi connectivity index (χ1n) is 9.85. The van der Waals surface area contributed by atoms with Gasteiger partial charge in [-0.1, -0.05) is 6.42 Å². The van der Waals surface area contributed by atoms with Crippen molar-refractivity contribution in [3.8, 4) is 0 Å².